The van der Waals surface area contributed by atoms with Gasteiger partial charge in [-0.05, 0) is 30.7 Å². The van der Waals surface area contributed by atoms with Crippen LogP contribution in [0.4, 0.5) is 5.13 Å². The Labute approximate surface area is 176 Å². The van der Waals surface area contributed by atoms with Gasteiger partial charge in [0, 0.05) is 0 Å². The first-order valence-electron chi connectivity index (χ1n) is 8.93. The number of aromatic nitrogens is 4. The highest BCUT2D eigenvalue weighted by atomic mass is 32.2. The molecular weight excluding hydrogens is 406 g/mol. The topological polar surface area (TPSA) is 81.9 Å². The van der Waals surface area contributed by atoms with Gasteiger partial charge < -0.3 is 14.6 Å². The molecule has 0 saturated heterocycles. The molecule has 0 radical (unpaired) electrons. The average molecular weight is 426 g/mol. The zero-order valence-electron chi connectivity index (χ0n) is 16.0. The fourth-order valence-electron chi connectivity index (χ4n) is 2.79. The van der Waals surface area contributed by atoms with Crippen molar-refractivity contribution in [3.8, 4) is 5.75 Å². The van der Waals surface area contributed by atoms with Crippen LogP contribution in [0.3, 0.4) is 0 Å². The summed E-state index contributed by atoms with van der Waals surface area (Å²) in [5.74, 6) is 1.68. The van der Waals surface area contributed by atoms with Gasteiger partial charge in [-0.15, -0.1) is 10.2 Å². The molecule has 0 unspecified atom stereocenters. The molecule has 29 heavy (non-hydrogen) atoms. The second kappa shape index (κ2) is 8.62. The Bertz CT molecular complexity index is 1140. The predicted octanol–water partition coefficient (Wildman–Crippen LogP) is 3.98. The molecule has 2 heterocycles. The second-order valence-electron chi connectivity index (χ2n) is 6.29. The Morgan fingerprint density at radius 2 is 2.03 bits per heavy atom. The van der Waals surface area contributed by atoms with Crippen LogP contribution in [0.1, 0.15) is 11.4 Å². The van der Waals surface area contributed by atoms with Gasteiger partial charge in [-0.2, -0.15) is 0 Å². The van der Waals surface area contributed by atoms with E-state index >= 15 is 0 Å². The minimum atomic E-state index is -0.132. The van der Waals surface area contributed by atoms with Gasteiger partial charge in [-0.3, -0.25) is 4.79 Å². The number of amides is 1. The van der Waals surface area contributed by atoms with E-state index in [1.807, 2.05) is 47.9 Å². The van der Waals surface area contributed by atoms with Gasteiger partial charge in [0.2, 0.25) is 5.91 Å². The Morgan fingerprint density at radius 1 is 1.21 bits per heavy atom. The van der Waals surface area contributed by atoms with Crippen LogP contribution in [0.25, 0.3) is 10.2 Å². The number of hydrogen-bond donors (Lipinski definition) is 1. The number of ether oxygens (including phenoxy) is 1. The van der Waals surface area contributed by atoms with Crippen molar-refractivity contribution in [1.29, 1.82) is 0 Å². The van der Waals surface area contributed by atoms with Crippen LogP contribution in [-0.4, -0.2) is 38.5 Å². The lowest BCUT2D eigenvalue weighted by Crippen LogP contribution is -2.14. The van der Waals surface area contributed by atoms with Crippen molar-refractivity contribution in [2.24, 2.45) is 0 Å². The van der Waals surface area contributed by atoms with E-state index in [1.54, 1.807) is 7.11 Å². The maximum absolute atomic E-state index is 12.4. The Hall–Kier alpha value is -2.91. The molecule has 0 atom stereocenters. The number of hydrogen-bond acceptors (Lipinski definition) is 7. The molecule has 2 aromatic heterocycles. The first-order chi connectivity index (χ1) is 14.1. The molecule has 9 heteroatoms. The number of carbonyl (C=O) groups is 1. The number of carbonyl (C=O) groups excluding carboxylic acids is 1. The molecular formula is C20H19N5O2S2. The van der Waals surface area contributed by atoms with Crippen LogP contribution >= 0.6 is 23.1 Å². The predicted molar refractivity (Wildman–Crippen MR) is 116 cm³/mol. The van der Waals surface area contributed by atoms with Gasteiger partial charge in [-0.25, -0.2) is 4.98 Å². The van der Waals surface area contributed by atoms with Crippen LogP contribution in [0, 0.1) is 6.92 Å². The van der Waals surface area contributed by atoms with Crippen molar-refractivity contribution in [2.75, 3.05) is 18.2 Å². The van der Waals surface area contributed by atoms with Crippen LogP contribution in [0.15, 0.2) is 53.7 Å². The van der Waals surface area contributed by atoms with Crippen molar-refractivity contribution in [3.05, 3.63) is 59.9 Å². The molecule has 0 fully saturated rings. The van der Waals surface area contributed by atoms with Gasteiger partial charge >= 0.3 is 0 Å². The summed E-state index contributed by atoms with van der Waals surface area (Å²) in [4.78, 5) is 16.9. The fraction of sp³-hybridized carbons (Fsp3) is 0.200. The van der Waals surface area contributed by atoms with E-state index in [-0.39, 0.29) is 11.7 Å². The monoisotopic (exact) mass is 425 g/mol. The molecule has 148 valence electrons. The summed E-state index contributed by atoms with van der Waals surface area (Å²) in [6, 6.07) is 15.7. The van der Waals surface area contributed by atoms with E-state index in [4.69, 9.17) is 4.74 Å². The van der Waals surface area contributed by atoms with E-state index in [1.165, 1.54) is 23.1 Å². The standard InChI is InChI=1S/C20H19N5O2S2/c1-13-23-24-20(25(13)11-14-6-4-3-5-7-14)28-12-18(26)22-19-21-16-9-8-15(27-2)10-17(16)29-19/h3-10H,11-12H2,1-2H3,(H,21,22,26). The van der Waals surface area contributed by atoms with Gasteiger partial charge in [-0.1, -0.05) is 53.4 Å². The van der Waals surface area contributed by atoms with Crippen molar-refractivity contribution < 1.29 is 9.53 Å². The lowest BCUT2D eigenvalue weighted by atomic mass is 10.2. The molecule has 0 aliphatic carbocycles. The summed E-state index contributed by atoms with van der Waals surface area (Å²) in [6.07, 6.45) is 0. The number of anilines is 1. The molecule has 4 aromatic rings. The van der Waals surface area contributed by atoms with Crippen molar-refractivity contribution in [3.63, 3.8) is 0 Å². The summed E-state index contributed by atoms with van der Waals surface area (Å²) in [6.45, 7) is 2.58. The molecule has 0 bridgehead atoms. The third-order valence-corrected chi connectivity index (χ3v) is 6.16. The van der Waals surface area contributed by atoms with Gasteiger partial charge in [0.15, 0.2) is 10.3 Å². The molecule has 7 nitrogen and oxygen atoms in total. The molecule has 0 saturated carbocycles. The Balaban J connectivity index is 1.40. The van der Waals surface area contributed by atoms with Crippen LogP contribution in [0.2, 0.25) is 0 Å². The fourth-order valence-corrected chi connectivity index (χ4v) is 4.48. The number of nitrogens with zero attached hydrogens (tertiary/aromatic N) is 4. The van der Waals surface area contributed by atoms with Gasteiger partial charge in [0.25, 0.3) is 0 Å². The highest BCUT2D eigenvalue weighted by Crippen LogP contribution is 2.29. The first-order valence-corrected chi connectivity index (χ1v) is 10.7. The molecule has 1 N–H and O–H groups in total. The van der Waals surface area contributed by atoms with Crippen molar-refractivity contribution in [2.45, 2.75) is 18.6 Å². The molecule has 2 aromatic carbocycles. The van der Waals surface area contributed by atoms with Gasteiger partial charge in [0.1, 0.15) is 11.6 Å². The van der Waals surface area contributed by atoms with Crippen molar-refractivity contribution >= 4 is 44.4 Å². The maximum atomic E-state index is 12.4. The number of benzene rings is 2. The number of fused-ring (bicyclic) bond motifs is 1. The SMILES string of the molecule is COc1ccc2nc(NC(=O)CSc3nnc(C)n3Cc3ccccc3)sc2c1. The number of thioether (sulfide) groups is 1. The zero-order valence-corrected chi connectivity index (χ0v) is 17.6. The summed E-state index contributed by atoms with van der Waals surface area (Å²) in [5, 5.41) is 12.5. The highest BCUT2D eigenvalue weighted by molar-refractivity contribution is 7.99. The summed E-state index contributed by atoms with van der Waals surface area (Å²) >= 11 is 2.78. The quantitative estimate of drug-likeness (QED) is 0.451. The number of methoxy groups -OCH3 is 1. The molecule has 0 aliphatic heterocycles. The minimum Gasteiger partial charge on any atom is -0.497 e. The van der Waals surface area contributed by atoms with Gasteiger partial charge in [0.05, 0.1) is 29.6 Å². The molecule has 0 aliphatic rings. The Kier molecular flexibility index (Phi) is 5.77. The van der Waals surface area contributed by atoms with E-state index < -0.39 is 0 Å². The third-order valence-electron chi connectivity index (χ3n) is 4.26. The summed E-state index contributed by atoms with van der Waals surface area (Å²) < 4.78 is 8.20. The maximum Gasteiger partial charge on any atom is 0.236 e. The zero-order chi connectivity index (χ0) is 20.2. The molecule has 1 amide bonds. The normalized spacial score (nSPS) is 11.0. The minimum absolute atomic E-state index is 0.132. The number of thiazole rings is 1. The van der Waals surface area contributed by atoms with E-state index in [9.17, 15) is 4.79 Å². The van der Waals surface area contributed by atoms with Crippen LogP contribution < -0.4 is 10.1 Å². The smallest absolute Gasteiger partial charge is 0.236 e. The highest BCUT2D eigenvalue weighted by Gasteiger charge is 2.14. The lowest BCUT2D eigenvalue weighted by molar-refractivity contribution is -0.113. The van der Waals surface area contributed by atoms with Crippen LogP contribution in [-0.2, 0) is 11.3 Å². The number of aryl methyl sites for hydroxylation is 1. The number of rotatable bonds is 7. The number of nitrogens with one attached hydrogen (secondary N) is 1. The van der Waals surface area contributed by atoms with E-state index in [0.29, 0.717) is 11.7 Å². The lowest BCUT2D eigenvalue weighted by Gasteiger charge is -2.08. The summed E-state index contributed by atoms with van der Waals surface area (Å²) in [5.41, 5.74) is 1.99. The third kappa shape index (κ3) is 4.57. The first kappa shape index (κ1) is 19.4. The molecule has 4 rings (SSSR count). The van der Waals surface area contributed by atoms with E-state index in [2.05, 4.69) is 32.6 Å². The largest absolute Gasteiger partial charge is 0.497 e. The van der Waals surface area contributed by atoms with E-state index in [0.717, 1.165) is 32.5 Å². The van der Waals surface area contributed by atoms with Crippen LogP contribution in [0.5, 0.6) is 5.75 Å². The molecule has 0 spiro atoms. The second-order valence-corrected chi connectivity index (χ2v) is 8.26. The summed E-state index contributed by atoms with van der Waals surface area (Å²) in [7, 11) is 1.63. The van der Waals surface area contributed by atoms with Crippen molar-refractivity contribution in [1.82, 2.24) is 19.7 Å². The Morgan fingerprint density at radius 3 is 2.83 bits per heavy atom. The average Bonchev–Trinajstić information content (AvgIpc) is 3.29.